The van der Waals surface area contributed by atoms with Crippen molar-refractivity contribution in [2.75, 3.05) is 0 Å². The molecule has 0 aliphatic carbocycles. The van der Waals surface area contributed by atoms with Crippen molar-refractivity contribution in [1.82, 2.24) is 15.6 Å². The van der Waals surface area contributed by atoms with E-state index in [4.69, 9.17) is 11.6 Å². The molecule has 1 aromatic heterocycles. The number of H-pyrrole nitrogens is 1. The lowest BCUT2D eigenvalue weighted by molar-refractivity contribution is -0.123. The number of hydrogen-bond donors (Lipinski definition) is 3. The van der Waals surface area contributed by atoms with Crippen molar-refractivity contribution in [3.05, 3.63) is 70.4 Å². The molecule has 2 aromatic carbocycles. The predicted molar refractivity (Wildman–Crippen MR) is 114 cm³/mol. The van der Waals surface area contributed by atoms with Crippen LogP contribution in [-0.2, 0) is 17.8 Å². The topological polar surface area (TPSA) is 56.9 Å². The molecule has 3 aromatic rings. The summed E-state index contributed by atoms with van der Waals surface area (Å²) >= 11 is 6.23. The quantitative estimate of drug-likeness (QED) is 0.584. The summed E-state index contributed by atoms with van der Waals surface area (Å²) in [7, 11) is 0. The maximum Gasteiger partial charge on any atom is 0.237 e. The molecule has 0 radical (unpaired) electrons. The highest BCUT2D eigenvalue weighted by molar-refractivity contribution is 6.31. The van der Waals surface area contributed by atoms with Gasteiger partial charge in [-0.05, 0) is 47.6 Å². The molecule has 0 saturated heterocycles. The van der Waals surface area contributed by atoms with Crippen LogP contribution in [0.1, 0.15) is 43.0 Å². The number of aromatic nitrogens is 1. The molecule has 0 saturated carbocycles. The molecule has 3 N–H and O–H groups in total. The van der Waals surface area contributed by atoms with Gasteiger partial charge in [0, 0.05) is 34.7 Å². The predicted octanol–water partition coefficient (Wildman–Crippen LogP) is 4.74. The summed E-state index contributed by atoms with van der Waals surface area (Å²) in [6.45, 7) is 4.87. The number of carbonyl (C=O) groups excluding carboxylic acids is 1. The van der Waals surface area contributed by atoms with E-state index in [9.17, 15) is 4.79 Å². The average Bonchev–Trinajstić information content (AvgIpc) is 3.01. The number of nitrogens with one attached hydrogen (secondary N) is 3. The fourth-order valence-electron chi connectivity index (χ4n) is 4.13. The highest BCUT2D eigenvalue weighted by Crippen LogP contribution is 2.34. The Labute approximate surface area is 170 Å². The maximum atomic E-state index is 13.0. The third kappa shape index (κ3) is 3.80. The van der Waals surface area contributed by atoms with Crippen LogP contribution in [0, 0.1) is 5.92 Å². The normalized spacial score (nSPS) is 19.0. The first-order chi connectivity index (χ1) is 13.5. The van der Waals surface area contributed by atoms with Gasteiger partial charge >= 0.3 is 0 Å². The Bertz CT molecular complexity index is 994. The van der Waals surface area contributed by atoms with Crippen LogP contribution >= 0.6 is 11.6 Å². The summed E-state index contributed by atoms with van der Waals surface area (Å²) < 4.78 is 0. The van der Waals surface area contributed by atoms with E-state index < -0.39 is 0 Å². The molecule has 0 spiro atoms. The SMILES string of the molecule is CC(C)CC1NC(C(=O)NCc2ccccc2Cl)Cc2c[nH]c3cccc1c23. The molecular weight excluding hydrogens is 370 g/mol. The van der Waals surface area contributed by atoms with Crippen molar-refractivity contribution in [3.8, 4) is 0 Å². The van der Waals surface area contributed by atoms with Crippen LogP contribution in [0.4, 0.5) is 0 Å². The average molecular weight is 396 g/mol. The highest BCUT2D eigenvalue weighted by Gasteiger charge is 2.30. The van der Waals surface area contributed by atoms with E-state index in [1.807, 2.05) is 30.5 Å². The molecule has 5 heteroatoms. The second kappa shape index (κ2) is 7.98. The monoisotopic (exact) mass is 395 g/mol. The van der Waals surface area contributed by atoms with Gasteiger partial charge in [0.2, 0.25) is 5.91 Å². The second-order valence-electron chi connectivity index (χ2n) is 8.00. The first-order valence-electron chi connectivity index (χ1n) is 9.89. The van der Waals surface area contributed by atoms with Gasteiger partial charge in [0.05, 0.1) is 6.04 Å². The summed E-state index contributed by atoms with van der Waals surface area (Å²) in [5.41, 5.74) is 4.54. The molecule has 4 rings (SSSR count). The van der Waals surface area contributed by atoms with Crippen LogP contribution in [-0.4, -0.2) is 16.9 Å². The van der Waals surface area contributed by atoms with Crippen molar-refractivity contribution < 1.29 is 4.79 Å². The molecule has 1 amide bonds. The minimum absolute atomic E-state index is 0.0100. The van der Waals surface area contributed by atoms with Gasteiger partial charge in [-0.25, -0.2) is 0 Å². The Morgan fingerprint density at radius 3 is 2.82 bits per heavy atom. The van der Waals surface area contributed by atoms with Crippen LogP contribution in [0.15, 0.2) is 48.7 Å². The van der Waals surface area contributed by atoms with Crippen molar-refractivity contribution in [2.24, 2.45) is 5.92 Å². The van der Waals surface area contributed by atoms with E-state index >= 15 is 0 Å². The third-order valence-corrected chi connectivity index (χ3v) is 5.82. The molecule has 2 atom stereocenters. The summed E-state index contributed by atoms with van der Waals surface area (Å²) in [5, 5.41) is 8.64. The number of benzene rings is 2. The minimum Gasteiger partial charge on any atom is -0.361 e. The first kappa shape index (κ1) is 19.0. The summed E-state index contributed by atoms with van der Waals surface area (Å²) in [6.07, 6.45) is 3.69. The van der Waals surface area contributed by atoms with Gasteiger partial charge in [0.25, 0.3) is 0 Å². The number of rotatable bonds is 5. The minimum atomic E-state index is -0.280. The number of halogens is 1. The van der Waals surface area contributed by atoms with Gasteiger partial charge in [-0.1, -0.05) is 55.8 Å². The van der Waals surface area contributed by atoms with Gasteiger partial charge in [-0.15, -0.1) is 0 Å². The largest absolute Gasteiger partial charge is 0.361 e. The van der Waals surface area contributed by atoms with Gasteiger partial charge in [-0.2, -0.15) is 0 Å². The van der Waals surface area contributed by atoms with Crippen LogP contribution in [0.2, 0.25) is 5.02 Å². The van der Waals surface area contributed by atoms with Gasteiger partial charge in [0.15, 0.2) is 0 Å². The smallest absolute Gasteiger partial charge is 0.237 e. The molecule has 0 bridgehead atoms. The molecule has 2 unspecified atom stereocenters. The van der Waals surface area contributed by atoms with E-state index in [0.717, 1.165) is 17.5 Å². The number of amides is 1. The van der Waals surface area contributed by atoms with E-state index in [-0.39, 0.29) is 18.0 Å². The van der Waals surface area contributed by atoms with E-state index in [1.54, 1.807) is 0 Å². The van der Waals surface area contributed by atoms with Gasteiger partial charge in [0.1, 0.15) is 0 Å². The fraction of sp³-hybridized carbons (Fsp3) is 0.348. The molecule has 1 aliphatic heterocycles. The number of carbonyl (C=O) groups is 1. The van der Waals surface area contributed by atoms with Crippen LogP contribution in [0.25, 0.3) is 10.9 Å². The molecule has 0 fully saturated rings. The Morgan fingerprint density at radius 2 is 2.04 bits per heavy atom. The Morgan fingerprint density at radius 1 is 1.21 bits per heavy atom. The molecular formula is C23H26ClN3O. The number of aromatic amines is 1. The summed E-state index contributed by atoms with van der Waals surface area (Å²) in [6, 6.07) is 13.9. The molecule has 1 aliphatic rings. The lowest BCUT2D eigenvalue weighted by Crippen LogP contribution is -2.46. The van der Waals surface area contributed by atoms with E-state index in [0.29, 0.717) is 23.9 Å². The van der Waals surface area contributed by atoms with Crippen LogP contribution in [0.5, 0.6) is 0 Å². The van der Waals surface area contributed by atoms with Crippen LogP contribution in [0.3, 0.4) is 0 Å². The molecule has 28 heavy (non-hydrogen) atoms. The maximum absolute atomic E-state index is 13.0. The van der Waals surface area contributed by atoms with Crippen molar-refractivity contribution >= 4 is 28.4 Å². The zero-order chi connectivity index (χ0) is 19.7. The Balaban J connectivity index is 1.58. The molecule has 146 valence electrons. The standard InChI is InChI=1S/C23H26ClN3O/c1-14(2)10-20-17-7-5-9-19-22(17)16(13-25-19)11-21(27-20)23(28)26-12-15-6-3-4-8-18(15)24/h3-9,13-14,20-21,25,27H,10-12H2,1-2H3,(H,26,28). The van der Waals surface area contributed by atoms with Crippen molar-refractivity contribution in [3.63, 3.8) is 0 Å². The number of hydrogen-bond acceptors (Lipinski definition) is 2. The lowest BCUT2D eigenvalue weighted by Gasteiger charge is -2.25. The third-order valence-electron chi connectivity index (χ3n) is 5.46. The molecule has 4 nitrogen and oxygen atoms in total. The van der Waals surface area contributed by atoms with E-state index in [2.05, 4.69) is 47.7 Å². The fourth-order valence-corrected chi connectivity index (χ4v) is 4.33. The van der Waals surface area contributed by atoms with Gasteiger partial charge < -0.3 is 10.3 Å². The zero-order valence-electron chi connectivity index (χ0n) is 16.3. The van der Waals surface area contributed by atoms with E-state index in [1.165, 1.54) is 16.5 Å². The Hall–Kier alpha value is -2.30. The van der Waals surface area contributed by atoms with Crippen molar-refractivity contribution in [2.45, 2.75) is 45.3 Å². The second-order valence-corrected chi connectivity index (χ2v) is 8.41. The Kier molecular flexibility index (Phi) is 5.42. The van der Waals surface area contributed by atoms with Crippen LogP contribution < -0.4 is 10.6 Å². The van der Waals surface area contributed by atoms with Crippen molar-refractivity contribution in [1.29, 1.82) is 0 Å². The summed E-state index contributed by atoms with van der Waals surface area (Å²) in [5.74, 6) is 0.538. The molecule has 2 heterocycles. The highest BCUT2D eigenvalue weighted by atomic mass is 35.5. The first-order valence-corrected chi connectivity index (χ1v) is 10.3. The summed E-state index contributed by atoms with van der Waals surface area (Å²) in [4.78, 5) is 16.4. The lowest BCUT2D eigenvalue weighted by atomic mass is 9.94. The zero-order valence-corrected chi connectivity index (χ0v) is 17.0. The van der Waals surface area contributed by atoms with Gasteiger partial charge in [-0.3, -0.25) is 10.1 Å².